The molecule has 0 radical (unpaired) electrons. The number of hydrogen-bond donors (Lipinski definition) is 2. The van der Waals surface area contributed by atoms with Gasteiger partial charge in [0.15, 0.2) is 11.6 Å². The zero-order chi connectivity index (χ0) is 12.4. The summed E-state index contributed by atoms with van der Waals surface area (Å²) in [7, 11) is 0. The second-order valence-corrected chi connectivity index (χ2v) is 3.80. The van der Waals surface area contributed by atoms with E-state index in [-0.39, 0.29) is 0 Å². The van der Waals surface area contributed by atoms with E-state index in [0.717, 1.165) is 0 Å². The fourth-order valence-electron chi connectivity index (χ4n) is 1.33. The second-order valence-electron chi connectivity index (χ2n) is 3.41. The summed E-state index contributed by atoms with van der Waals surface area (Å²) in [6, 6.07) is 5.48. The van der Waals surface area contributed by atoms with Crippen molar-refractivity contribution in [3.63, 3.8) is 0 Å². The van der Waals surface area contributed by atoms with Crippen molar-refractivity contribution in [2.75, 3.05) is 5.32 Å². The molecule has 88 valence electrons. The van der Waals surface area contributed by atoms with Crippen LogP contribution in [-0.2, 0) is 0 Å². The van der Waals surface area contributed by atoms with E-state index >= 15 is 0 Å². The van der Waals surface area contributed by atoms with Gasteiger partial charge in [0.25, 0.3) is 0 Å². The maximum atomic E-state index is 13.1. The van der Waals surface area contributed by atoms with Crippen LogP contribution >= 0.6 is 11.6 Å². The van der Waals surface area contributed by atoms with Crippen LogP contribution in [0.5, 0.6) is 5.75 Å². The largest absolute Gasteiger partial charge is 0.505 e. The summed E-state index contributed by atoms with van der Waals surface area (Å²) in [6.45, 7) is 1.70. The fraction of sp³-hybridized carbons (Fsp3) is 0.0909. The highest BCUT2D eigenvalue weighted by atomic mass is 35.5. The number of phenols is 1. The number of aromatic nitrogens is 2. The first-order valence-electron chi connectivity index (χ1n) is 4.81. The summed E-state index contributed by atoms with van der Waals surface area (Å²) in [5.41, 5.74) is 0.467. The van der Waals surface area contributed by atoms with Gasteiger partial charge < -0.3 is 10.4 Å². The third-order valence-corrected chi connectivity index (χ3v) is 2.22. The molecule has 2 aromatic rings. The molecule has 0 unspecified atom stereocenters. The van der Waals surface area contributed by atoms with Crippen LogP contribution in [0.4, 0.5) is 15.9 Å². The number of aryl methyl sites for hydroxylation is 1. The van der Waals surface area contributed by atoms with Gasteiger partial charge in [-0.15, -0.1) is 0 Å². The third kappa shape index (κ3) is 2.82. The maximum Gasteiger partial charge on any atom is 0.166 e. The highest BCUT2D eigenvalue weighted by Gasteiger charge is 2.04. The quantitative estimate of drug-likeness (QED) is 0.638. The molecule has 0 atom stereocenters. The highest BCUT2D eigenvalue weighted by Crippen LogP contribution is 2.22. The van der Waals surface area contributed by atoms with E-state index in [2.05, 4.69) is 15.3 Å². The second kappa shape index (κ2) is 4.55. The molecule has 0 aliphatic rings. The standard InChI is InChI=1S/C11H9ClFN3O/c1-6-14-10(12)5-11(15-6)16-7-2-3-9(17)8(13)4-7/h2-5,17H,1H3,(H,14,15,16). The molecule has 0 amide bonds. The van der Waals surface area contributed by atoms with Crippen molar-refractivity contribution >= 4 is 23.1 Å². The average Bonchev–Trinajstić information content (AvgIpc) is 2.22. The molecule has 0 aliphatic heterocycles. The Morgan fingerprint density at radius 2 is 2.06 bits per heavy atom. The topological polar surface area (TPSA) is 58.0 Å². The highest BCUT2D eigenvalue weighted by molar-refractivity contribution is 6.29. The Morgan fingerprint density at radius 1 is 1.29 bits per heavy atom. The van der Waals surface area contributed by atoms with Gasteiger partial charge in [-0.05, 0) is 19.1 Å². The lowest BCUT2D eigenvalue weighted by Gasteiger charge is -2.07. The number of aromatic hydroxyl groups is 1. The molecule has 2 rings (SSSR count). The molecule has 6 heteroatoms. The Kier molecular flexibility index (Phi) is 3.10. The van der Waals surface area contributed by atoms with Crippen LogP contribution in [0.1, 0.15) is 5.82 Å². The Bertz CT molecular complexity index is 542. The minimum atomic E-state index is -0.702. The molecular weight excluding hydrogens is 245 g/mol. The Labute approximate surface area is 102 Å². The summed E-state index contributed by atoms with van der Waals surface area (Å²) < 4.78 is 13.1. The van der Waals surface area contributed by atoms with Crippen molar-refractivity contribution in [1.29, 1.82) is 0 Å². The molecule has 17 heavy (non-hydrogen) atoms. The van der Waals surface area contributed by atoms with Crippen molar-refractivity contribution in [3.8, 4) is 5.75 Å². The van der Waals surface area contributed by atoms with Crippen molar-refractivity contribution in [3.05, 3.63) is 41.1 Å². The lowest BCUT2D eigenvalue weighted by molar-refractivity contribution is 0.432. The number of anilines is 2. The fourth-order valence-corrected chi connectivity index (χ4v) is 1.55. The molecule has 1 aromatic carbocycles. The Morgan fingerprint density at radius 3 is 2.71 bits per heavy atom. The molecule has 0 spiro atoms. The monoisotopic (exact) mass is 253 g/mol. The Hall–Kier alpha value is -1.88. The van der Waals surface area contributed by atoms with Crippen LogP contribution in [0.15, 0.2) is 24.3 Å². The zero-order valence-electron chi connectivity index (χ0n) is 8.91. The van der Waals surface area contributed by atoms with Crippen LogP contribution in [0.25, 0.3) is 0 Å². The number of nitrogens with zero attached hydrogens (tertiary/aromatic N) is 2. The molecule has 0 fully saturated rings. The van der Waals surface area contributed by atoms with Crippen LogP contribution in [0.3, 0.4) is 0 Å². The first-order chi connectivity index (χ1) is 8.04. The van der Waals surface area contributed by atoms with Crippen molar-refractivity contribution in [1.82, 2.24) is 9.97 Å². The van der Waals surface area contributed by atoms with E-state index in [0.29, 0.717) is 22.5 Å². The van der Waals surface area contributed by atoms with Crippen LogP contribution in [-0.4, -0.2) is 15.1 Å². The number of nitrogens with one attached hydrogen (secondary N) is 1. The van der Waals surface area contributed by atoms with E-state index in [1.807, 2.05) is 0 Å². The number of phenolic OH excluding ortho intramolecular Hbond substituents is 1. The first-order valence-corrected chi connectivity index (χ1v) is 5.19. The summed E-state index contributed by atoms with van der Waals surface area (Å²) >= 11 is 5.77. The van der Waals surface area contributed by atoms with E-state index in [9.17, 15) is 4.39 Å². The molecular formula is C11H9ClFN3O. The van der Waals surface area contributed by atoms with Gasteiger partial charge in [0.2, 0.25) is 0 Å². The predicted octanol–water partition coefficient (Wildman–Crippen LogP) is 3.03. The van der Waals surface area contributed by atoms with E-state index in [1.165, 1.54) is 24.3 Å². The van der Waals surface area contributed by atoms with Gasteiger partial charge in [0.05, 0.1) is 0 Å². The van der Waals surface area contributed by atoms with Crippen LogP contribution in [0, 0.1) is 12.7 Å². The molecule has 0 bridgehead atoms. The van der Waals surface area contributed by atoms with Gasteiger partial charge >= 0.3 is 0 Å². The summed E-state index contributed by atoms with van der Waals surface area (Å²) in [5, 5.41) is 12.2. The zero-order valence-corrected chi connectivity index (χ0v) is 9.66. The first kappa shape index (κ1) is 11.6. The van der Waals surface area contributed by atoms with Gasteiger partial charge in [-0.3, -0.25) is 0 Å². The predicted molar refractivity (Wildman–Crippen MR) is 63.1 cm³/mol. The van der Waals surface area contributed by atoms with Gasteiger partial charge in [-0.25, -0.2) is 14.4 Å². The van der Waals surface area contributed by atoms with E-state index < -0.39 is 11.6 Å². The molecule has 0 saturated heterocycles. The van der Waals surface area contributed by atoms with Crippen molar-refractivity contribution in [2.45, 2.75) is 6.92 Å². The van der Waals surface area contributed by atoms with Crippen molar-refractivity contribution in [2.24, 2.45) is 0 Å². The lowest BCUT2D eigenvalue weighted by atomic mass is 10.3. The Balaban J connectivity index is 2.28. The van der Waals surface area contributed by atoms with E-state index in [1.54, 1.807) is 6.92 Å². The van der Waals surface area contributed by atoms with Gasteiger partial charge in [-0.1, -0.05) is 11.6 Å². The van der Waals surface area contributed by atoms with Crippen molar-refractivity contribution < 1.29 is 9.50 Å². The van der Waals surface area contributed by atoms with Crippen LogP contribution in [0.2, 0.25) is 5.15 Å². The summed E-state index contributed by atoms with van der Waals surface area (Å²) in [4.78, 5) is 8.00. The molecule has 4 nitrogen and oxygen atoms in total. The number of halogens is 2. The molecule has 0 saturated carbocycles. The van der Waals surface area contributed by atoms with Gasteiger partial charge in [-0.2, -0.15) is 0 Å². The third-order valence-electron chi connectivity index (χ3n) is 2.03. The van der Waals surface area contributed by atoms with Crippen LogP contribution < -0.4 is 5.32 Å². The minimum Gasteiger partial charge on any atom is -0.505 e. The number of benzene rings is 1. The SMILES string of the molecule is Cc1nc(Cl)cc(Nc2ccc(O)c(F)c2)n1. The summed E-state index contributed by atoms with van der Waals surface area (Å²) in [5.74, 6) is -0.119. The van der Waals surface area contributed by atoms with E-state index in [4.69, 9.17) is 16.7 Å². The van der Waals surface area contributed by atoms with Gasteiger partial charge in [0.1, 0.15) is 16.8 Å². The summed E-state index contributed by atoms with van der Waals surface area (Å²) in [6.07, 6.45) is 0. The molecule has 2 N–H and O–H groups in total. The van der Waals surface area contributed by atoms with Gasteiger partial charge in [0, 0.05) is 17.8 Å². The minimum absolute atomic E-state index is 0.305. The number of hydrogen-bond acceptors (Lipinski definition) is 4. The smallest absolute Gasteiger partial charge is 0.166 e. The molecule has 0 aliphatic carbocycles. The number of rotatable bonds is 2. The average molecular weight is 254 g/mol. The normalized spacial score (nSPS) is 10.3. The maximum absolute atomic E-state index is 13.1. The lowest BCUT2D eigenvalue weighted by Crippen LogP contribution is -1.97. The molecule has 1 heterocycles. The molecule has 1 aromatic heterocycles.